The third kappa shape index (κ3) is 8.09. The minimum atomic E-state index is -3.79. The molecule has 0 heterocycles. The van der Waals surface area contributed by atoms with Crippen LogP contribution in [0.3, 0.4) is 0 Å². The Hall–Kier alpha value is -2.46. The van der Waals surface area contributed by atoms with Crippen LogP contribution >= 0.6 is 15.9 Å². The first-order chi connectivity index (χ1) is 16.1. The number of carbonyl (C=O) groups excluding carboxylic acids is 2. The van der Waals surface area contributed by atoms with E-state index in [2.05, 4.69) is 21.2 Å². The van der Waals surface area contributed by atoms with Gasteiger partial charge in [0.05, 0.1) is 11.9 Å². The Bertz CT molecular complexity index is 1060. The third-order valence-electron chi connectivity index (χ3n) is 5.28. The molecule has 2 amide bonds. The zero-order chi connectivity index (χ0) is 25.3. The zero-order valence-corrected chi connectivity index (χ0v) is 22.0. The number of hydrogen-bond acceptors (Lipinski definition) is 4. The summed E-state index contributed by atoms with van der Waals surface area (Å²) in [7, 11) is -3.79. The lowest BCUT2D eigenvalue weighted by Gasteiger charge is -2.33. The van der Waals surface area contributed by atoms with Crippen LogP contribution in [0.4, 0.5) is 10.1 Å². The molecule has 0 radical (unpaired) electrons. The van der Waals surface area contributed by atoms with Crippen LogP contribution in [0, 0.1) is 5.82 Å². The van der Waals surface area contributed by atoms with Gasteiger partial charge in [-0.05, 0) is 54.8 Å². The number of anilines is 1. The molecule has 0 bridgehead atoms. The average Bonchev–Trinajstić information content (AvgIpc) is 2.78. The van der Waals surface area contributed by atoms with Gasteiger partial charge >= 0.3 is 0 Å². The Labute approximate surface area is 209 Å². The molecule has 0 fully saturated rings. The fourth-order valence-corrected chi connectivity index (χ4v) is 4.55. The lowest BCUT2D eigenvalue weighted by atomic mass is 10.1. The second-order valence-electron chi connectivity index (χ2n) is 7.96. The van der Waals surface area contributed by atoms with Crippen molar-refractivity contribution in [3.63, 3.8) is 0 Å². The summed E-state index contributed by atoms with van der Waals surface area (Å²) in [6.07, 6.45) is 3.08. The average molecular weight is 556 g/mol. The smallest absolute Gasteiger partial charge is 0.244 e. The molecule has 1 N–H and O–H groups in total. The minimum Gasteiger partial charge on any atom is -0.354 e. The highest BCUT2D eigenvalue weighted by Crippen LogP contribution is 2.22. The third-order valence-corrected chi connectivity index (χ3v) is 6.94. The highest BCUT2D eigenvalue weighted by Gasteiger charge is 2.31. The van der Waals surface area contributed by atoms with Gasteiger partial charge in [-0.1, -0.05) is 48.3 Å². The molecule has 0 spiro atoms. The Morgan fingerprint density at radius 2 is 1.68 bits per heavy atom. The first-order valence-corrected chi connectivity index (χ1v) is 13.8. The summed E-state index contributed by atoms with van der Waals surface area (Å²) in [5, 5.41) is 2.86. The van der Waals surface area contributed by atoms with Crippen molar-refractivity contribution in [2.75, 3.05) is 23.7 Å². The summed E-state index contributed by atoms with van der Waals surface area (Å²) in [4.78, 5) is 27.8. The van der Waals surface area contributed by atoms with Gasteiger partial charge in [0.25, 0.3) is 0 Å². The lowest BCUT2D eigenvalue weighted by Crippen LogP contribution is -2.52. The SMILES string of the molecule is CCCCNC(=O)[C@@H](CC)N(Cc1ccc(F)cc1)C(=O)CN(c1ccc(Br)cc1)S(C)(=O)=O. The Morgan fingerprint density at radius 3 is 2.21 bits per heavy atom. The summed E-state index contributed by atoms with van der Waals surface area (Å²) in [5.74, 6) is -1.25. The number of halogens is 2. The maximum atomic E-state index is 13.5. The molecule has 2 aromatic rings. The molecular formula is C24H31BrFN3O4S. The van der Waals surface area contributed by atoms with E-state index < -0.39 is 34.3 Å². The molecule has 7 nitrogen and oxygen atoms in total. The number of benzene rings is 2. The van der Waals surface area contributed by atoms with Crippen molar-refractivity contribution in [1.29, 1.82) is 0 Å². The van der Waals surface area contributed by atoms with Crippen molar-refractivity contribution < 1.29 is 22.4 Å². The van der Waals surface area contributed by atoms with Crippen molar-refractivity contribution in [3.05, 3.63) is 64.4 Å². The van der Waals surface area contributed by atoms with E-state index in [1.165, 1.54) is 17.0 Å². The van der Waals surface area contributed by atoms with Gasteiger partial charge in [0.15, 0.2) is 0 Å². The Kier molecular flexibility index (Phi) is 10.5. The number of amides is 2. The molecule has 186 valence electrons. The van der Waals surface area contributed by atoms with Crippen LogP contribution in [-0.2, 0) is 26.2 Å². The minimum absolute atomic E-state index is 0.0384. The largest absolute Gasteiger partial charge is 0.354 e. The summed E-state index contributed by atoms with van der Waals surface area (Å²) >= 11 is 3.32. The van der Waals surface area contributed by atoms with Crippen LogP contribution in [0.2, 0.25) is 0 Å². The Balaban J connectivity index is 2.37. The second-order valence-corrected chi connectivity index (χ2v) is 10.8. The Morgan fingerprint density at radius 1 is 1.06 bits per heavy atom. The van der Waals surface area contributed by atoms with Gasteiger partial charge < -0.3 is 10.2 Å². The fourth-order valence-electron chi connectivity index (χ4n) is 3.43. The van der Waals surface area contributed by atoms with E-state index in [1.807, 2.05) is 6.92 Å². The van der Waals surface area contributed by atoms with Crippen LogP contribution < -0.4 is 9.62 Å². The molecule has 0 aromatic heterocycles. The zero-order valence-electron chi connectivity index (χ0n) is 19.6. The van der Waals surface area contributed by atoms with Crippen LogP contribution in [0.15, 0.2) is 53.0 Å². The van der Waals surface area contributed by atoms with Crippen LogP contribution in [0.25, 0.3) is 0 Å². The van der Waals surface area contributed by atoms with Gasteiger partial charge in [0, 0.05) is 17.6 Å². The number of nitrogens with zero attached hydrogens (tertiary/aromatic N) is 2. The predicted molar refractivity (Wildman–Crippen MR) is 135 cm³/mol. The first-order valence-electron chi connectivity index (χ1n) is 11.1. The maximum Gasteiger partial charge on any atom is 0.244 e. The van der Waals surface area contributed by atoms with Gasteiger partial charge in [0.2, 0.25) is 21.8 Å². The summed E-state index contributed by atoms with van der Waals surface area (Å²) < 4.78 is 40.3. The summed E-state index contributed by atoms with van der Waals surface area (Å²) in [6, 6.07) is 11.4. The highest BCUT2D eigenvalue weighted by atomic mass is 79.9. The number of unbranched alkanes of at least 4 members (excludes halogenated alkanes) is 1. The van der Waals surface area contributed by atoms with Gasteiger partial charge in [-0.2, -0.15) is 0 Å². The molecule has 0 aliphatic carbocycles. The van der Waals surface area contributed by atoms with Crippen molar-refractivity contribution in [1.82, 2.24) is 10.2 Å². The molecule has 0 saturated heterocycles. The molecule has 2 aromatic carbocycles. The van der Waals surface area contributed by atoms with E-state index in [1.54, 1.807) is 43.3 Å². The van der Waals surface area contributed by atoms with Crippen molar-refractivity contribution in [2.24, 2.45) is 0 Å². The van der Waals surface area contributed by atoms with E-state index in [4.69, 9.17) is 0 Å². The molecule has 0 saturated carbocycles. The van der Waals surface area contributed by atoms with E-state index in [-0.39, 0.29) is 12.5 Å². The molecule has 0 unspecified atom stereocenters. The van der Waals surface area contributed by atoms with Crippen LogP contribution in [-0.4, -0.2) is 50.5 Å². The van der Waals surface area contributed by atoms with E-state index in [0.29, 0.717) is 24.2 Å². The topological polar surface area (TPSA) is 86.8 Å². The molecule has 0 aliphatic rings. The number of rotatable bonds is 12. The summed E-state index contributed by atoms with van der Waals surface area (Å²) in [6.45, 7) is 3.85. The number of carbonyl (C=O) groups is 2. The lowest BCUT2D eigenvalue weighted by molar-refractivity contribution is -0.140. The quantitative estimate of drug-likeness (QED) is 0.400. The first kappa shape index (κ1) is 27.8. The molecule has 0 aliphatic heterocycles. The van der Waals surface area contributed by atoms with E-state index >= 15 is 0 Å². The monoisotopic (exact) mass is 555 g/mol. The molecule has 1 atom stereocenters. The molecule has 10 heteroatoms. The van der Waals surface area contributed by atoms with Gasteiger partial charge in [0.1, 0.15) is 18.4 Å². The number of hydrogen-bond donors (Lipinski definition) is 1. The number of nitrogens with one attached hydrogen (secondary N) is 1. The van der Waals surface area contributed by atoms with E-state index in [9.17, 15) is 22.4 Å². The van der Waals surface area contributed by atoms with Crippen molar-refractivity contribution in [2.45, 2.75) is 45.7 Å². The summed E-state index contributed by atoms with van der Waals surface area (Å²) in [5.41, 5.74) is 0.963. The number of sulfonamides is 1. The highest BCUT2D eigenvalue weighted by molar-refractivity contribution is 9.10. The molecule has 34 heavy (non-hydrogen) atoms. The standard InChI is InChI=1S/C24H31BrFN3O4S/c1-4-6-15-27-24(31)22(5-2)28(16-18-7-11-20(26)12-8-18)23(30)17-29(34(3,32)33)21-13-9-19(25)10-14-21/h7-14,22H,4-6,15-17H2,1-3H3,(H,27,31)/t22-/m1/s1. The van der Waals surface area contributed by atoms with Gasteiger partial charge in [-0.15, -0.1) is 0 Å². The normalized spacial score (nSPS) is 12.1. The second kappa shape index (κ2) is 12.9. The molecule has 2 rings (SSSR count). The van der Waals surface area contributed by atoms with Gasteiger partial charge in [-0.3, -0.25) is 13.9 Å². The predicted octanol–water partition coefficient (Wildman–Crippen LogP) is 4.08. The van der Waals surface area contributed by atoms with Crippen LogP contribution in [0.5, 0.6) is 0 Å². The van der Waals surface area contributed by atoms with Crippen molar-refractivity contribution in [3.8, 4) is 0 Å². The van der Waals surface area contributed by atoms with Crippen LogP contribution in [0.1, 0.15) is 38.7 Å². The fraction of sp³-hybridized carbons (Fsp3) is 0.417. The van der Waals surface area contributed by atoms with Crippen molar-refractivity contribution >= 4 is 43.5 Å². The maximum absolute atomic E-state index is 13.5. The van der Waals surface area contributed by atoms with Gasteiger partial charge in [-0.25, -0.2) is 12.8 Å². The molecular weight excluding hydrogens is 525 g/mol. The van der Waals surface area contributed by atoms with E-state index in [0.717, 1.165) is 27.9 Å².